The van der Waals surface area contributed by atoms with Crippen molar-refractivity contribution < 1.29 is 24.5 Å². The lowest BCUT2D eigenvalue weighted by Crippen LogP contribution is -2.32. The number of phenolic OH excluding ortho intramolecular Hbond substituents is 2. The average molecular weight is 436 g/mol. The Kier molecular flexibility index (Phi) is 4.00. The molecule has 0 amide bonds. The predicted octanol–water partition coefficient (Wildman–Crippen LogP) is 4.81. The van der Waals surface area contributed by atoms with Crippen molar-refractivity contribution in [2.45, 2.75) is 5.60 Å². The minimum absolute atomic E-state index is 0.0104. The van der Waals surface area contributed by atoms with E-state index in [4.69, 9.17) is 9.47 Å². The van der Waals surface area contributed by atoms with Gasteiger partial charge >= 0.3 is 5.97 Å². The van der Waals surface area contributed by atoms with Crippen LogP contribution >= 0.6 is 0 Å². The lowest BCUT2D eigenvalue weighted by atomic mass is 9.77. The Morgan fingerprint density at radius 1 is 0.848 bits per heavy atom. The van der Waals surface area contributed by atoms with E-state index < -0.39 is 11.6 Å². The molecule has 3 heterocycles. The quantitative estimate of drug-likeness (QED) is 0.345. The molecular weight excluding hydrogens is 420 g/mol. The van der Waals surface area contributed by atoms with E-state index in [-0.39, 0.29) is 11.5 Å². The van der Waals surface area contributed by atoms with Crippen LogP contribution in [0.3, 0.4) is 0 Å². The number of carbonyl (C=O) groups excluding carboxylic acids is 1. The van der Waals surface area contributed by atoms with E-state index in [2.05, 4.69) is 9.98 Å². The second-order valence-electron chi connectivity index (χ2n) is 7.78. The van der Waals surface area contributed by atoms with E-state index >= 15 is 0 Å². The Bertz CT molecular complexity index is 1410. The largest absolute Gasteiger partial charge is 0.508 e. The maximum atomic E-state index is 13.1. The van der Waals surface area contributed by atoms with Gasteiger partial charge in [0.25, 0.3) is 0 Å². The van der Waals surface area contributed by atoms with Crippen molar-refractivity contribution in [1.82, 2.24) is 4.98 Å². The topological polar surface area (TPSA) is 101 Å². The van der Waals surface area contributed by atoms with Crippen LogP contribution in [-0.2, 0) is 10.3 Å². The van der Waals surface area contributed by atoms with Gasteiger partial charge in [-0.3, -0.25) is 9.98 Å². The average Bonchev–Trinajstić information content (AvgIpc) is 3.10. The molecule has 6 rings (SSSR count). The third-order valence-electron chi connectivity index (χ3n) is 5.79. The van der Waals surface area contributed by atoms with Gasteiger partial charge in [0.05, 0.1) is 23.2 Å². The predicted molar refractivity (Wildman–Crippen MR) is 120 cm³/mol. The van der Waals surface area contributed by atoms with E-state index in [0.29, 0.717) is 45.1 Å². The van der Waals surface area contributed by atoms with Crippen molar-refractivity contribution in [1.29, 1.82) is 0 Å². The van der Waals surface area contributed by atoms with Crippen LogP contribution in [0.4, 0.5) is 5.69 Å². The molecule has 4 aromatic rings. The molecule has 33 heavy (non-hydrogen) atoms. The molecule has 0 saturated heterocycles. The first-order valence-corrected chi connectivity index (χ1v) is 10.2. The Morgan fingerprint density at radius 2 is 1.55 bits per heavy atom. The fourth-order valence-electron chi connectivity index (χ4n) is 4.37. The smallest absolute Gasteiger partial charge is 0.340 e. The van der Waals surface area contributed by atoms with E-state index in [1.807, 2.05) is 24.3 Å². The second kappa shape index (κ2) is 6.93. The normalized spacial score (nSPS) is 15.0. The summed E-state index contributed by atoms with van der Waals surface area (Å²) in [6.45, 7) is 0. The zero-order chi connectivity index (χ0) is 22.6. The first-order chi connectivity index (χ1) is 16.0. The number of aliphatic imine (C=N–C) groups is 1. The van der Waals surface area contributed by atoms with Gasteiger partial charge in [-0.05, 0) is 48.5 Å². The number of hydrogen-bond donors (Lipinski definition) is 2. The van der Waals surface area contributed by atoms with Gasteiger partial charge in [0.15, 0.2) is 5.60 Å². The summed E-state index contributed by atoms with van der Waals surface area (Å²) in [6.07, 6.45) is 3.31. The summed E-state index contributed by atoms with van der Waals surface area (Å²) in [5, 5.41) is 20.0. The summed E-state index contributed by atoms with van der Waals surface area (Å²) in [6, 6.07) is 20.1. The molecule has 0 aliphatic carbocycles. The number of rotatable bonds is 2. The van der Waals surface area contributed by atoms with Crippen LogP contribution in [0.2, 0.25) is 0 Å². The number of ether oxygens (including phenoxy) is 2. The van der Waals surface area contributed by atoms with Crippen molar-refractivity contribution >= 4 is 17.9 Å². The number of nitrogens with zero attached hydrogens (tertiary/aromatic N) is 2. The fourth-order valence-corrected chi connectivity index (χ4v) is 4.37. The molecule has 0 radical (unpaired) electrons. The Labute approximate surface area is 188 Å². The van der Waals surface area contributed by atoms with Crippen LogP contribution in [-0.4, -0.2) is 27.4 Å². The molecule has 0 atom stereocenters. The number of carbonyl (C=O) groups is 1. The van der Waals surface area contributed by atoms with Gasteiger partial charge < -0.3 is 19.7 Å². The van der Waals surface area contributed by atoms with Gasteiger partial charge in [-0.1, -0.05) is 12.1 Å². The van der Waals surface area contributed by atoms with Crippen molar-refractivity contribution in [2.75, 3.05) is 0 Å². The molecule has 7 nitrogen and oxygen atoms in total. The summed E-state index contributed by atoms with van der Waals surface area (Å²) in [5.74, 6) is 0.198. The van der Waals surface area contributed by atoms with Gasteiger partial charge in [0.1, 0.15) is 23.0 Å². The lowest BCUT2D eigenvalue weighted by Gasteiger charge is -2.36. The minimum atomic E-state index is -1.28. The maximum Gasteiger partial charge on any atom is 0.340 e. The van der Waals surface area contributed by atoms with Crippen LogP contribution in [0, 0.1) is 0 Å². The standard InChI is InChI=1S/C26H16N2O5/c29-17-5-8-21-23(12-17)32-24-13-18(30)6-9-22(24)26(21)20-7-4-15(11-19(20)25(31)33-26)28-14-16-3-1-2-10-27-16/h1-14,29-30H. The van der Waals surface area contributed by atoms with Crippen LogP contribution in [0.5, 0.6) is 23.0 Å². The SMILES string of the molecule is O=C1OC2(c3ccc(O)cc3Oc3cc(O)ccc32)c2ccc(N=Cc3ccccn3)cc21. The Hall–Kier alpha value is -4.65. The molecule has 0 bridgehead atoms. The number of benzene rings is 3. The van der Waals surface area contributed by atoms with E-state index in [9.17, 15) is 15.0 Å². The Balaban J connectivity index is 1.53. The monoisotopic (exact) mass is 436 g/mol. The Morgan fingerprint density at radius 3 is 2.21 bits per heavy atom. The van der Waals surface area contributed by atoms with Crippen molar-refractivity contribution in [3.05, 3.63) is 107 Å². The highest BCUT2D eigenvalue weighted by atomic mass is 16.6. The first kappa shape index (κ1) is 19.1. The molecule has 2 N–H and O–H groups in total. The molecule has 7 heteroatoms. The number of pyridine rings is 1. The van der Waals surface area contributed by atoms with Gasteiger partial charge in [-0.15, -0.1) is 0 Å². The highest BCUT2D eigenvalue weighted by Crippen LogP contribution is 2.57. The third kappa shape index (κ3) is 2.86. The number of fused-ring (bicyclic) bond motifs is 6. The summed E-state index contributed by atoms with van der Waals surface area (Å²) in [4.78, 5) is 21.8. The first-order valence-electron chi connectivity index (χ1n) is 10.2. The van der Waals surface area contributed by atoms with Gasteiger partial charge in [0.2, 0.25) is 0 Å². The van der Waals surface area contributed by atoms with Gasteiger partial charge in [-0.2, -0.15) is 0 Å². The number of phenols is 2. The highest BCUT2D eigenvalue weighted by molar-refractivity contribution is 5.98. The maximum absolute atomic E-state index is 13.1. The molecule has 0 unspecified atom stereocenters. The van der Waals surface area contributed by atoms with E-state index in [1.165, 1.54) is 24.3 Å². The zero-order valence-electron chi connectivity index (χ0n) is 17.1. The van der Waals surface area contributed by atoms with Gasteiger partial charge in [-0.25, -0.2) is 4.79 Å². The fraction of sp³-hybridized carbons (Fsp3) is 0.0385. The van der Waals surface area contributed by atoms with Gasteiger partial charge in [0, 0.05) is 35.0 Å². The lowest BCUT2D eigenvalue weighted by molar-refractivity contribution is 0.0224. The van der Waals surface area contributed by atoms with Crippen LogP contribution in [0.1, 0.15) is 32.7 Å². The van der Waals surface area contributed by atoms with Crippen molar-refractivity contribution in [3.63, 3.8) is 0 Å². The number of aromatic hydroxyl groups is 2. The molecule has 2 aliphatic rings. The summed E-state index contributed by atoms with van der Waals surface area (Å²) < 4.78 is 12.0. The molecule has 0 saturated carbocycles. The molecular formula is C26H16N2O5. The number of esters is 1. The summed E-state index contributed by atoms with van der Waals surface area (Å²) >= 11 is 0. The summed E-state index contributed by atoms with van der Waals surface area (Å²) in [7, 11) is 0. The van der Waals surface area contributed by atoms with Crippen LogP contribution in [0.25, 0.3) is 0 Å². The third-order valence-corrected chi connectivity index (χ3v) is 5.79. The highest BCUT2D eigenvalue weighted by Gasteiger charge is 2.53. The number of hydrogen-bond acceptors (Lipinski definition) is 7. The van der Waals surface area contributed by atoms with Crippen LogP contribution in [0.15, 0.2) is 84.0 Å². The van der Waals surface area contributed by atoms with E-state index in [0.717, 1.165) is 0 Å². The van der Waals surface area contributed by atoms with Crippen molar-refractivity contribution in [2.24, 2.45) is 4.99 Å². The minimum Gasteiger partial charge on any atom is -0.508 e. The second-order valence-corrected chi connectivity index (χ2v) is 7.78. The van der Waals surface area contributed by atoms with Crippen LogP contribution < -0.4 is 4.74 Å². The molecule has 0 fully saturated rings. The summed E-state index contributed by atoms with van der Waals surface area (Å²) in [5.41, 5.74) is 2.17. The molecule has 3 aromatic carbocycles. The number of aromatic nitrogens is 1. The van der Waals surface area contributed by atoms with Crippen molar-refractivity contribution in [3.8, 4) is 23.0 Å². The molecule has 160 valence electrons. The molecule has 2 aliphatic heterocycles. The zero-order valence-corrected chi connectivity index (χ0v) is 17.1. The van der Waals surface area contributed by atoms with E-state index in [1.54, 1.807) is 36.7 Å². The molecule has 1 aromatic heterocycles. The molecule has 1 spiro atoms.